The molecule has 2 aromatic heterocycles. The van der Waals surface area contributed by atoms with Gasteiger partial charge in [-0.15, -0.1) is 0 Å². The van der Waals surface area contributed by atoms with E-state index in [-0.39, 0.29) is 23.9 Å². The van der Waals surface area contributed by atoms with Crippen LogP contribution in [0.4, 0.5) is 5.13 Å². The first-order valence-electron chi connectivity index (χ1n) is 13.1. The second-order valence-electron chi connectivity index (χ2n) is 9.35. The number of nitrogens with zero attached hydrogens (tertiary/aromatic N) is 4. The molecule has 0 saturated carbocycles. The third-order valence-corrected chi connectivity index (χ3v) is 9.66. The van der Waals surface area contributed by atoms with Crippen LogP contribution in [0.2, 0.25) is 0 Å². The molecule has 0 atom stereocenters. The van der Waals surface area contributed by atoms with Gasteiger partial charge in [0.1, 0.15) is 0 Å². The van der Waals surface area contributed by atoms with Crippen LogP contribution >= 0.6 is 11.3 Å². The fourth-order valence-electron chi connectivity index (χ4n) is 4.42. The van der Waals surface area contributed by atoms with Gasteiger partial charge in [0.2, 0.25) is 10.0 Å². The van der Waals surface area contributed by atoms with Crippen molar-refractivity contribution in [2.24, 2.45) is 0 Å². The summed E-state index contributed by atoms with van der Waals surface area (Å²) in [6.45, 7) is 4.81. The molecule has 2 heterocycles. The highest BCUT2D eigenvalue weighted by Gasteiger charge is 2.26. The van der Waals surface area contributed by atoms with E-state index in [0.29, 0.717) is 17.2 Å². The number of sulfonamides is 1. The van der Waals surface area contributed by atoms with Gasteiger partial charge in [-0.2, -0.15) is 4.31 Å². The number of hydrogen-bond donors (Lipinski definition) is 0. The van der Waals surface area contributed by atoms with E-state index in [1.54, 1.807) is 29.4 Å². The number of carbonyl (C=O) groups is 1. The minimum absolute atomic E-state index is 0.146. The van der Waals surface area contributed by atoms with Gasteiger partial charge in [0.15, 0.2) is 5.13 Å². The Bertz CT molecular complexity index is 1700. The number of thiazole rings is 1. The summed E-state index contributed by atoms with van der Waals surface area (Å²) < 4.78 is 29.3. The monoisotopic (exact) mass is 570 g/mol. The molecule has 0 fully saturated rings. The average molecular weight is 571 g/mol. The lowest BCUT2D eigenvalue weighted by atomic mass is 10.2. The lowest BCUT2D eigenvalue weighted by molar-refractivity contribution is 0.0985. The topological polar surface area (TPSA) is 83.5 Å². The molecule has 5 rings (SSSR count). The van der Waals surface area contributed by atoms with Gasteiger partial charge >= 0.3 is 0 Å². The van der Waals surface area contributed by atoms with E-state index in [4.69, 9.17) is 4.98 Å². The predicted octanol–water partition coefficient (Wildman–Crippen LogP) is 6.31. The summed E-state index contributed by atoms with van der Waals surface area (Å²) in [5.41, 5.74) is 4.19. The SMILES string of the molecule is CCc1ccc2nc(N(Cc3cccnc3)C(=O)c3ccc(S(=O)(=O)N(CC)Cc4ccccc4)cc3)sc2c1. The maximum Gasteiger partial charge on any atom is 0.260 e. The van der Waals surface area contributed by atoms with Crippen LogP contribution in [0.25, 0.3) is 10.2 Å². The number of amides is 1. The standard InChI is InChI=1S/C31H30N4O3S2/c1-3-23-12-17-28-29(19-23)39-31(33-28)35(22-25-11-8-18-32-20-25)30(36)26-13-15-27(16-14-26)40(37,38)34(4-2)21-24-9-6-5-7-10-24/h5-20H,3-4,21-22H2,1-2H3. The summed E-state index contributed by atoms with van der Waals surface area (Å²) in [5, 5.41) is 0.578. The van der Waals surface area contributed by atoms with E-state index in [1.807, 2.05) is 55.5 Å². The van der Waals surface area contributed by atoms with E-state index in [9.17, 15) is 13.2 Å². The zero-order valence-electron chi connectivity index (χ0n) is 22.4. The van der Waals surface area contributed by atoms with Crippen molar-refractivity contribution in [1.29, 1.82) is 0 Å². The highest BCUT2D eigenvalue weighted by Crippen LogP contribution is 2.32. The molecule has 0 aliphatic carbocycles. The first-order valence-corrected chi connectivity index (χ1v) is 15.4. The van der Waals surface area contributed by atoms with Crippen molar-refractivity contribution in [1.82, 2.24) is 14.3 Å². The van der Waals surface area contributed by atoms with Crippen LogP contribution < -0.4 is 4.90 Å². The van der Waals surface area contributed by atoms with Gasteiger partial charge in [-0.25, -0.2) is 13.4 Å². The Morgan fingerprint density at radius 2 is 1.60 bits per heavy atom. The Morgan fingerprint density at radius 3 is 2.27 bits per heavy atom. The van der Waals surface area contributed by atoms with Crippen LogP contribution in [0.3, 0.4) is 0 Å². The van der Waals surface area contributed by atoms with Gasteiger partial charge in [0.25, 0.3) is 5.91 Å². The quantitative estimate of drug-likeness (QED) is 0.196. The highest BCUT2D eigenvalue weighted by atomic mass is 32.2. The summed E-state index contributed by atoms with van der Waals surface area (Å²) in [6, 6.07) is 25.5. The number of aryl methyl sites for hydroxylation is 1. The smallest absolute Gasteiger partial charge is 0.260 e. The number of rotatable bonds is 10. The summed E-state index contributed by atoms with van der Waals surface area (Å²) >= 11 is 1.46. The number of pyridine rings is 1. The number of aromatic nitrogens is 2. The van der Waals surface area contributed by atoms with Crippen molar-refractivity contribution in [3.63, 3.8) is 0 Å². The number of benzene rings is 3. The molecular weight excluding hydrogens is 541 g/mol. The summed E-state index contributed by atoms with van der Waals surface area (Å²) in [4.78, 5) is 24.6. The zero-order chi connectivity index (χ0) is 28.1. The fourth-order valence-corrected chi connectivity index (χ4v) is 6.88. The summed E-state index contributed by atoms with van der Waals surface area (Å²) in [5.74, 6) is -0.265. The van der Waals surface area contributed by atoms with Crippen LogP contribution in [0, 0.1) is 0 Å². The van der Waals surface area contributed by atoms with Crippen LogP contribution in [0.5, 0.6) is 0 Å². The van der Waals surface area contributed by atoms with Crippen molar-refractivity contribution in [2.75, 3.05) is 11.4 Å². The van der Waals surface area contributed by atoms with Crippen LogP contribution in [0.15, 0.2) is 102 Å². The molecule has 3 aromatic carbocycles. The van der Waals surface area contributed by atoms with Crippen LogP contribution in [-0.4, -0.2) is 35.1 Å². The molecule has 40 heavy (non-hydrogen) atoms. The first-order chi connectivity index (χ1) is 19.4. The first kappa shape index (κ1) is 27.6. The lowest BCUT2D eigenvalue weighted by Crippen LogP contribution is -2.31. The number of carbonyl (C=O) groups excluding carboxylic acids is 1. The molecular formula is C31H30N4O3S2. The highest BCUT2D eigenvalue weighted by molar-refractivity contribution is 7.89. The number of anilines is 1. The summed E-state index contributed by atoms with van der Waals surface area (Å²) in [6.07, 6.45) is 4.33. The van der Waals surface area contributed by atoms with E-state index in [0.717, 1.165) is 27.8 Å². The normalized spacial score (nSPS) is 11.7. The minimum atomic E-state index is -3.75. The number of fused-ring (bicyclic) bond motifs is 1. The Labute approximate surface area is 238 Å². The van der Waals surface area contributed by atoms with Crippen molar-refractivity contribution in [2.45, 2.75) is 38.3 Å². The molecule has 9 heteroatoms. The van der Waals surface area contributed by atoms with E-state index >= 15 is 0 Å². The molecule has 0 aliphatic rings. The Kier molecular flexibility index (Phi) is 8.35. The fraction of sp³-hybridized carbons (Fsp3) is 0.194. The molecule has 0 bridgehead atoms. The van der Waals surface area contributed by atoms with Gasteiger partial charge in [0.05, 0.1) is 21.7 Å². The molecule has 0 aliphatic heterocycles. The second kappa shape index (κ2) is 12.1. The maximum absolute atomic E-state index is 13.9. The molecule has 1 amide bonds. The van der Waals surface area contributed by atoms with Crippen LogP contribution in [0.1, 0.15) is 40.9 Å². The predicted molar refractivity (Wildman–Crippen MR) is 160 cm³/mol. The lowest BCUT2D eigenvalue weighted by Gasteiger charge is -2.22. The Hall–Kier alpha value is -3.92. The molecule has 0 N–H and O–H groups in total. The third kappa shape index (κ3) is 5.96. The second-order valence-corrected chi connectivity index (χ2v) is 12.3. The average Bonchev–Trinajstić information content (AvgIpc) is 3.42. The van der Waals surface area contributed by atoms with E-state index in [2.05, 4.69) is 24.0 Å². The van der Waals surface area contributed by atoms with Crippen molar-refractivity contribution in [3.05, 3.63) is 120 Å². The molecule has 5 aromatic rings. The van der Waals surface area contributed by atoms with Gasteiger partial charge in [-0.1, -0.05) is 67.6 Å². The molecule has 0 unspecified atom stereocenters. The minimum Gasteiger partial charge on any atom is -0.279 e. The molecule has 7 nitrogen and oxygen atoms in total. The van der Waals surface area contributed by atoms with Crippen LogP contribution in [-0.2, 0) is 29.5 Å². The van der Waals surface area contributed by atoms with Crippen molar-refractivity contribution >= 4 is 42.6 Å². The van der Waals surface area contributed by atoms with E-state index in [1.165, 1.54) is 33.3 Å². The molecule has 0 saturated heterocycles. The third-order valence-electron chi connectivity index (χ3n) is 6.68. The van der Waals surface area contributed by atoms with Gasteiger partial charge < -0.3 is 0 Å². The zero-order valence-corrected chi connectivity index (χ0v) is 24.0. The van der Waals surface area contributed by atoms with Crippen molar-refractivity contribution in [3.8, 4) is 0 Å². The van der Waals surface area contributed by atoms with Gasteiger partial charge in [-0.05, 0) is 65.6 Å². The maximum atomic E-state index is 13.9. The largest absolute Gasteiger partial charge is 0.279 e. The van der Waals surface area contributed by atoms with E-state index < -0.39 is 10.0 Å². The van der Waals surface area contributed by atoms with Crippen molar-refractivity contribution < 1.29 is 13.2 Å². The Morgan fingerprint density at radius 1 is 0.850 bits per heavy atom. The molecule has 0 spiro atoms. The van der Waals surface area contributed by atoms with Gasteiger partial charge in [-0.3, -0.25) is 14.7 Å². The van der Waals surface area contributed by atoms with Gasteiger partial charge in [0, 0.05) is 31.0 Å². The molecule has 204 valence electrons. The molecule has 0 radical (unpaired) electrons. The number of hydrogen-bond acceptors (Lipinski definition) is 6. The Balaban J connectivity index is 1.44. The summed E-state index contributed by atoms with van der Waals surface area (Å²) in [7, 11) is -3.75.